The van der Waals surface area contributed by atoms with Crippen LogP contribution in [0.5, 0.6) is 5.75 Å². The van der Waals surface area contributed by atoms with E-state index in [0.717, 1.165) is 27.7 Å². The minimum Gasteiger partial charge on any atom is -0.497 e. The standard InChI is InChI=1S/C15H11F3N2OS/c1-8-5-12(14-20-13(7-22-14)15(16,17)18)19-11-6-9(21-2)3-4-10(8)11/h3-7H,1-2H3. The van der Waals surface area contributed by atoms with Crippen LogP contribution in [-0.4, -0.2) is 17.1 Å². The fourth-order valence-corrected chi connectivity index (χ4v) is 2.93. The van der Waals surface area contributed by atoms with Crippen molar-refractivity contribution in [3.63, 3.8) is 0 Å². The molecule has 0 saturated carbocycles. The van der Waals surface area contributed by atoms with Gasteiger partial charge in [-0.15, -0.1) is 11.3 Å². The van der Waals surface area contributed by atoms with Crippen LogP contribution in [0.25, 0.3) is 21.6 Å². The topological polar surface area (TPSA) is 35.0 Å². The molecule has 0 aliphatic carbocycles. The largest absolute Gasteiger partial charge is 0.497 e. The maximum Gasteiger partial charge on any atom is 0.434 e. The maximum atomic E-state index is 12.7. The Morgan fingerprint density at radius 3 is 2.55 bits per heavy atom. The molecule has 0 radical (unpaired) electrons. The molecule has 0 aliphatic heterocycles. The van der Waals surface area contributed by atoms with Crippen LogP contribution in [0.3, 0.4) is 0 Å². The highest BCUT2D eigenvalue weighted by Crippen LogP contribution is 2.34. The first-order valence-corrected chi connectivity index (χ1v) is 7.25. The van der Waals surface area contributed by atoms with Crippen LogP contribution in [0.2, 0.25) is 0 Å². The molecule has 0 N–H and O–H groups in total. The minimum atomic E-state index is -4.44. The Kier molecular flexibility index (Phi) is 3.52. The fraction of sp³-hybridized carbons (Fsp3) is 0.200. The molecule has 0 unspecified atom stereocenters. The predicted molar refractivity (Wildman–Crippen MR) is 79.1 cm³/mol. The lowest BCUT2D eigenvalue weighted by atomic mass is 10.1. The zero-order chi connectivity index (χ0) is 15.9. The molecule has 2 heterocycles. The van der Waals surface area contributed by atoms with Crippen LogP contribution < -0.4 is 4.74 Å². The van der Waals surface area contributed by atoms with Crippen molar-refractivity contribution in [2.75, 3.05) is 7.11 Å². The number of thiazole rings is 1. The van der Waals surface area contributed by atoms with Crippen molar-refractivity contribution in [2.45, 2.75) is 13.1 Å². The number of pyridine rings is 1. The van der Waals surface area contributed by atoms with E-state index in [9.17, 15) is 13.2 Å². The highest BCUT2D eigenvalue weighted by atomic mass is 32.1. The van der Waals surface area contributed by atoms with Gasteiger partial charge in [0.1, 0.15) is 10.8 Å². The number of nitrogens with zero attached hydrogens (tertiary/aromatic N) is 2. The number of methoxy groups -OCH3 is 1. The van der Waals surface area contributed by atoms with Crippen molar-refractivity contribution in [1.29, 1.82) is 0 Å². The molecule has 0 spiro atoms. The monoisotopic (exact) mass is 324 g/mol. The molecule has 0 saturated heterocycles. The summed E-state index contributed by atoms with van der Waals surface area (Å²) in [5, 5.41) is 2.18. The van der Waals surface area contributed by atoms with Gasteiger partial charge in [-0.3, -0.25) is 0 Å². The number of hydrogen-bond acceptors (Lipinski definition) is 4. The first-order valence-electron chi connectivity index (χ1n) is 6.37. The van der Waals surface area contributed by atoms with Crippen molar-refractivity contribution in [2.24, 2.45) is 0 Å². The molecule has 2 aromatic heterocycles. The zero-order valence-electron chi connectivity index (χ0n) is 11.7. The van der Waals surface area contributed by atoms with Crippen LogP contribution in [0.4, 0.5) is 13.2 Å². The molecule has 3 nitrogen and oxygen atoms in total. The van der Waals surface area contributed by atoms with Gasteiger partial charge in [0.2, 0.25) is 0 Å². The fourth-order valence-electron chi connectivity index (χ4n) is 2.14. The Morgan fingerprint density at radius 1 is 1.14 bits per heavy atom. The molecule has 114 valence electrons. The minimum absolute atomic E-state index is 0.250. The number of alkyl halides is 3. The van der Waals surface area contributed by atoms with Gasteiger partial charge in [-0.1, -0.05) is 0 Å². The Bertz CT molecular complexity index is 842. The molecule has 22 heavy (non-hydrogen) atoms. The summed E-state index contributed by atoms with van der Waals surface area (Å²) in [6.07, 6.45) is -4.44. The molecule has 0 fully saturated rings. The van der Waals surface area contributed by atoms with Gasteiger partial charge in [0, 0.05) is 16.8 Å². The van der Waals surface area contributed by atoms with Gasteiger partial charge in [-0.25, -0.2) is 9.97 Å². The molecule has 3 aromatic rings. The van der Waals surface area contributed by atoms with Crippen molar-refractivity contribution < 1.29 is 17.9 Å². The van der Waals surface area contributed by atoms with Crippen LogP contribution in [-0.2, 0) is 6.18 Å². The van der Waals surface area contributed by atoms with Crippen molar-refractivity contribution in [3.05, 3.63) is 40.9 Å². The summed E-state index contributed by atoms with van der Waals surface area (Å²) in [4.78, 5) is 8.05. The van der Waals surface area contributed by atoms with Crippen LogP contribution in [0, 0.1) is 6.92 Å². The van der Waals surface area contributed by atoms with Gasteiger partial charge in [-0.05, 0) is 30.7 Å². The summed E-state index contributed by atoms with van der Waals surface area (Å²) in [6.45, 7) is 1.89. The van der Waals surface area contributed by atoms with Gasteiger partial charge in [0.25, 0.3) is 0 Å². The van der Waals surface area contributed by atoms with Crippen LogP contribution in [0.1, 0.15) is 11.3 Å². The summed E-state index contributed by atoms with van der Waals surface area (Å²) in [7, 11) is 1.55. The second-order valence-corrected chi connectivity index (χ2v) is 5.60. The maximum absolute atomic E-state index is 12.7. The normalized spacial score (nSPS) is 11.9. The number of fused-ring (bicyclic) bond motifs is 1. The van der Waals surface area contributed by atoms with Crippen LogP contribution in [0.15, 0.2) is 29.6 Å². The number of rotatable bonds is 2. The van der Waals surface area contributed by atoms with E-state index in [4.69, 9.17) is 4.74 Å². The molecule has 3 rings (SSSR count). The lowest BCUT2D eigenvalue weighted by Crippen LogP contribution is -2.04. The highest BCUT2D eigenvalue weighted by molar-refractivity contribution is 7.13. The molecule has 1 aromatic carbocycles. The second kappa shape index (κ2) is 5.24. The van der Waals surface area contributed by atoms with E-state index < -0.39 is 11.9 Å². The lowest BCUT2D eigenvalue weighted by Gasteiger charge is -2.07. The number of halogens is 3. The van der Waals surface area contributed by atoms with Gasteiger partial charge < -0.3 is 4.74 Å². The molecule has 0 bridgehead atoms. The van der Waals surface area contributed by atoms with Crippen molar-refractivity contribution in [1.82, 2.24) is 9.97 Å². The number of aromatic nitrogens is 2. The van der Waals surface area contributed by atoms with Crippen molar-refractivity contribution in [3.8, 4) is 16.5 Å². The highest BCUT2D eigenvalue weighted by Gasteiger charge is 2.34. The van der Waals surface area contributed by atoms with Gasteiger partial charge in [-0.2, -0.15) is 13.2 Å². The number of ether oxygens (including phenoxy) is 1. The third kappa shape index (κ3) is 2.64. The average Bonchev–Trinajstić information content (AvgIpc) is 2.96. The Morgan fingerprint density at radius 2 is 1.91 bits per heavy atom. The van der Waals surface area contributed by atoms with E-state index in [1.165, 1.54) is 0 Å². The van der Waals surface area contributed by atoms with Gasteiger partial charge in [0.15, 0.2) is 5.69 Å². The molecule has 0 aliphatic rings. The Hall–Kier alpha value is -2.15. The molecular weight excluding hydrogens is 313 g/mol. The summed E-state index contributed by atoms with van der Waals surface area (Å²) < 4.78 is 43.1. The number of benzene rings is 1. The average molecular weight is 324 g/mol. The number of hydrogen-bond donors (Lipinski definition) is 0. The zero-order valence-corrected chi connectivity index (χ0v) is 12.5. The van der Waals surface area contributed by atoms with E-state index >= 15 is 0 Å². The third-order valence-corrected chi connectivity index (χ3v) is 4.10. The van der Waals surface area contributed by atoms with Crippen molar-refractivity contribution >= 4 is 22.2 Å². The SMILES string of the molecule is COc1ccc2c(C)cc(-c3nc(C(F)(F)F)cs3)nc2c1. The summed E-state index contributed by atoms with van der Waals surface area (Å²) in [5.74, 6) is 0.645. The van der Waals surface area contributed by atoms with Crippen LogP contribution >= 0.6 is 11.3 Å². The summed E-state index contributed by atoms with van der Waals surface area (Å²) in [6, 6.07) is 7.20. The second-order valence-electron chi connectivity index (χ2n) is 4.74. The van der Waals surface area contributed by atoms with Gasteiger partial charge >= 0.3 is 6.18 Å². The molecule has 7 heteroatoms. The number of aryl methyl sites for hydroxylation is 1. The van der Waals surface area contributed by atoms with E-state index in [1.807, 2.05) is 19.1 Å². The summed E-state index contributed by atoms with van der Waals surface area (Å²) >= 11 is 0.932. The predicted octanol–water partition coefficient (Wildman–Crippen LogP) is 4.69. The molecule has 0 amide bonds. The summed E-state index contributed by atoms with van der Waals surface area (Å²) in [5.41, 5.74) is 1.13. The van der Waals surface area contributed by atoms with E-state index in [2.05, 4.69) is 9.97 Å². The van der Waals surface area contributed by atoms with Gasteiger partial charge in [0.05, 0.1) is 18.3 Å². The van der Waals surface area contributed by atoms with E-state index in [-0.39, 0.29) is 5.01 Å². The Labute approximate surface area is 128 Å². The van der Waals surface area contributed by atoms with E-state index in [1.54, 1.807) is 19.2 Å². The molecular formula is C15H11F3N2OS. The third-order valence-electron chi connectivity index (χ3n) is 3.24. The lowest BCUT2D eigenvalue weighted by molar-refractivity contribution is -0.140. The van der Waals surface area contributed by atoms with E-state index in [0.29, 0.717) is 17.0 Å². The quantitative estimate of drug-likeness (QED) is 0.686. The Balaban J connectivity index is 2.13. The first kappa shape index (κ1) is 14.8. The first-order chi connectivity index (χ1) is 10.4. The molecule has 0 atom stereocenters. The smallest absolute Gasteiger partial charge is 0.434 e.